The molecule has 0 atom stereocenters. The average molecular weight is 373 g/mol. The molecule has 0 fully saturated rings. The van der Waals surface area contributed by atoms with Crippen LogP contribution in [0.2, 0.25) is 0 Å². The Hall–Kier alpha value is -1.14. The number of hydrogen-bond donors (Lipinski definition) is 1. The van der Waals surface area contributed by atoms with E-state index >= 15 is 0 Å². The van der Waals surface area contributed by atoms with Crippen LogP contribution in [0.25, 0.3) is 0 Å². The lowest BCUT2D eigenvalue weighted by Crippen LogP contribution is -3.00. The van der Waals surface area contributed by atoms with E-state index in [2.05, 4.69) is 28.0 Å². The molecule has 0 spiro atoms. The summed E-state index contributed by atoms with van der Waals surface area (Å²) in [6.45, 7) is 7.47. The predicted octanol–water partition coefficient (Wildman–Crippen LogP) is -0.745. The molecule has 0 aliphatic rings. The van der Waals surface area contributed by atoms with Crippen molar-refractivity contribution in [3.8, 4) is 0 Å². The van der Waals surface area contributed by atoms with Gasteiger partial charge in [0.15, 0.2) is 0 Å². The zero-order chi connectivity index (χ0) is 15.3. The molecule has 0 aliphatic carbocycles. The maximum absolute atomic E-state index is 8.67. The van der Waals surface area contributed by atoms with E-state index in [-0.39, 0.29) is 23.6 Å². The number of halogens is 1. The number of aliphatic hydroxyl groups is 1. The molecule has 2 heterocycles. The van der Waals surface area contributed by atoms with E-state index in [0.29, 0.717) is 6.54 Å². The Morgan fingerprint density at radius 3 is 2.41 bits per heavy atom. The van der Waals surface area contributed by atoms with Gasteiger partial charge in [-0.3, -0.25) is 0 Å². The van der Waals surface area contributed by atoms with Gasteiger partial charge in [0.2, 0.25) is 6.33 Å². The zero-order valence-corrected chi connectivity index (χ0v) is 15.3. The molecule has 0 saturated carbocycles. The minimum Gasteiger partial charge on any atom is -1.00 e. The van der Waals surface area contributed by atoms with E-state index in [9.17, 15) is 0 Å². The molecule has 5 nitrogen and oxygen atoms in total. The van der Waals surface area contributed by atoms with E-state index in [1.807, 2.05) is 42.0 Å². The quantitative estimate of drug-likeness (QED) is 0.620. The number of aliphatic hydroxyl groups excluding tert-OH is 1. The van der Waals surface area contributed by atoms with Crippen LogP contribution in [0.4, 0.5) is 0 Å². The van der Waals surface area contributed by atoms with Gasteiger partial charge in [-0.25, -0.2) is 14.1 Å². The van der Waals surface area contributed by atoms with Crippen molar-refractivity contribution >= 4 is 0 Å². The van der Waals surface area contributed by atoms with Crippen molar-refractivity contribution in [2.24, 2.45) is 0 Å². The average Bonchev–Trinajstić information content (AvgIpc) is 3.16. The summed E-state index contributed by atoms with van der Waals surface area (Å²) in [5.74, 6) is 0. The Kier molecular flexibility index (Phi) is 12.8. The highest BCUT2D eigenvalue weighted by Gasteiger charge is 2.00. The van der Waals surface area contributed by atoms with E-state index in [1.54, 1.807) is 0 Å². The van der Waals surface area contributed by atoms with E-state index in [0.717, 1.165) is 13.1 Å². The summed E-state index contributed by atoms with van der Waals surface area (Å²) >= 11 is 0. The third-order valence-electron chi connectivity index (χ3n) is 3.20. The SMILES string of the molecule is CCCC[n+]1ccn(CCO)c1.CCCCn1ccnc1.[Br-]. The molecule has 2 aromatic heterocycles. The number of hydrogen-bond acceptors (Lipinski definition) is 2. The summed E-state index contributed by atoms with van der Waals surface area (Å²) in [6, 6.07) is 0. The molecule has 0 amide bonds. The van der Waals surface area contributed by atoms with Crippen LogP contribution in [0.5, 0.6) is 0 Å². The van der Waals surface area contributed by atoms with E-state index < -0.39 is 0 Å². The second-order valence-electron chi connectivity index (χ2n) is 5.12. The minimum atomic E-state index is 0. The van der Waals surface area contributed by atoms with Crippen molar-refractivity contribution in [3.63, 3.8) is 0 Å². The maximum Gasteiger partial charge on any atom is 0.243 e. The zero-order valence-electron chi connectivity index (χ0n) is 13.7. The van der Waals surface area contributed by atoms with Crippen molar-refractivity contribution in [1.29, 1.82) is 0 Å². The van der Waals surface area contributed by atoms with Gasteiger partial charge in [0.05, 0.1) is 19.5 Å². The van der Waals surface area contributed by atoms with E-state index in [1.165, 1.54) is 25.7 Å². The molecule has 0 radical (unpaired) electrons. The molecule has 0 unspecified atom stereocenters. The first kappa shape index (κ1) is 20.9. The minimum absolute atomic E-state index is 0. The van der Waals surface area contributed by atoms with Gasteiger partial charge in [-0.2, -0.15) is 0 Å². The Balaban J connectivity index is 0.000000397. The van der Waals surface area contributed by atoms with Crippen LogP contribution >= 0.6 is 0 Å². The number of nitrogens with zero attached hydrogens (tertiary/aromatic N) is 4. The van der Waals surface area contributed by atoms with Gasteiger partial charge in [0.25, 0.3) is 0 Å². The summed E-state index contributed by atoms with van der Waals surface area (Å²) in [6.07, 6.45) is 16.7. The monoisotopic (exact) mass is 372 g/mol. The summed E-state index contributed by atoms with van der Waals surface area (Å²) < 4.78 is 6.25. The largest absolute Gasteiger partial charge is 1.00 e. The number of aromatic nitrogens is 4. The van der Waals surface area contributed by atoms with Crippen LogP contribution < -0.4 is 21.5 Å². The Labute approximate surface area is 144 Å². The lowest BCUT2D eigenvalue weighted by atomic mass is 10.3. The first-order valence-electron chi connectivity index (χ1n) is 7.91. The first-order chi connectivity index (χ1) is 10.3. The van der Waals surface area contributed by atoms with E-state index in [4.69, 9.17) is 5.11 Å². The predicted molar refractivity (Wildman–Crippen MR) is 83.8 cm³/mol. The van der Waals surface area contributed by atoms with Crippen LogP contribution in [-0.2, 0) is 19.6 Å². The second kappa shape index (κ2) is 13.5. The fraction of sp³-hybridized carbons (Fsp3) is 0.625. The fourth-order valence-electron chi connectivity index (χ4n) is 1.92. The highest BCUT2D eigenvalue weighted by molar-refractivity contribution is 4.73. The maximum atomic E-state index is 8.67. The van der Waals surface area contributed by atoms with Crippen LogP contribution in [0.15, 0.2) is 37.4 Å². The second-order valence-corrected chi connectivity index (χ2v) is 5.12. The molecule has 2 aromatic rings. The van der Waals surface area contributed by atoms with Gasteiger partial charge in [0.1, 0.15) is 18.9 Å². The fourth-order valence-corrected chi connectivity index (χ4v) is 1.92. The van der Waals surface area contributed by atoms with Crippen molar-refractivity contribution in [2.45, 2.75) is 59.2 Å². The van der Waals surface area contributed by atoms with Gasteiger partial charge in [-0.15, -0.1) is 0 Å². The van der Waals surface area contributed by atoms with Crippen molar-refractivity contribution in [2.75, 3.05) is 6.61 Å². The highest BCUT2D eigenvalue weighted by Crippen LogP contribution is 1.92. The van der Waals surface area contributed by atoms with Crippen molar-refractivity contribution in [1.82, 2.24) is 14.1 Å². The molecule has 1 N–H and O–H groups in total. The number of rotatable bonds is 8. The molecule has 22 heavy (non-hydrogen) atoms. The normalized spacial score (nSPS) is 9.77. The molecule has 0 bridgehead atoms. The Bertz CT molecular complexity index is 456. The summed E-state index contributed by atoms with van der Waals surface area (Å²) in [4.78, 5) is 3.94. The van der Waals surface area contributed by atoms with Gasteiger partial charge in [-0.1, -0.05) is 26.7 Å². The first-order valence-corrected chi connectivity index (χ1v) is 7.91. The number of imidazole rings is 2. The standard InChI is InChI=1S/C9H17N2O.C7H12N2.BrH/c1-2-3-4-10-5-6-11(9-10)7-8-12;1-2-3-5-9-6-4-8-7-9;/h5-6,9,12H,2-4,7-8H2,1H3;4,6-7H,2-3,5H2,1H3;1H/q+1;;/p-1. The van der Waals surface area contributed by atoms with Gasteiger partial charge in [0, 0.05) is 18.9 Å². The molecular formula is C16H29BrN4O. The van der Waals surface area contributed by atoms with Gasteiger partial charge < -0.3 is 26.7 Å². The molecular weight excluding hydrogens is 344 g/mol. The summed E-state index contributed by atoms with van der Waals surface area (Å²) in [5.41, 5.74) is 0. The van der Waals surface area contributed by atoms with Crippen LogP contribution in [-0.4, -0.2) is 25.8 Å². The smallest absolute Gasteiger partial charge is 0.243 e. The Morgan fingerprint density at radius 2 is 1.82 bits per heavy atom. The molecule has 0 aromatic carbocycles. The molecule has 0 saturated heterocycles. The van der Waals surface area contributed by atoms with Crippen LogP contribution in [0.3, 0.4) is 0 Å². The van der Waals surface area contributed by atoms with Crippen LogP contribution in [0.1, 0.15) is 39.5 Å². The lowest BCUT2D eigenvalue weighted by Gasteiger charge is -1.96. The van der Waals surface area contributed by atoms with Crippen molar-refractivity contribution < 1.29 is 26.7 Å². The molecule has 2 rings (SSSR count). The topological polar surface area (TPSA) is 46.9 Å². The highest BCUT2D eigenvalue weighted by atomic mass is 79.9. The van der Waals surface area contributed by atoms with Crippen molar-refractivity contribution in [3.05, 3.63) is 37.4 Å². The third kappa shape index (κ3) is 9.00. The number of unbranched alkanes of at least 4 members (excludes halogenated alkanes) is 2. The van der Waals surface area contributed by atoms with Gasteiger partial charge >= 0.3 is 0 Å². The molecule has 6 heteroatoms. The lowest BCUT2D eigenvalue weighted by molar-refractivity contribution is -0.696. The third-order valence-corrected chi connectivity index (χ3v) is 3.20. The Morgan fingerprint density at radius 1 is 1.05 bits per heavy atom. The van der Waals surface area contributed by atoms with Gasteiger partial charge in [-0.05, 0) is 12.8 Å². The van der Waals surface area contributed by atoms with Crippen LogP contribution in [0, 0.1) is 0 Å². The number of aryl methyl sites for hydroxylation is 2. The molecule has 0 aliphatic heterocycles. The summed E-state index contributed by atoms with van der Waals surface area (Å²) in [5, 5.41) is 8.67. The molecule has 126 valence electrons. The summed E-state index contributed by atoms with van der Waals surface area (Å²) in [7, 11) is 0.